The molecule has 4 atom stereocenters. The normalized spacial score (nSPS) is 43.2. The number of carbonyl (C=O) groups excluding carboxylic acids is 1. The van der Waals surface area contributed by atoms with Crippen LogP contribution >= 0.6 is 0 Å². The molecular formula is C15H22O3. The summed E-state index contributed by atoms with van der Waals surface area (Å²) in [4.78, 5) is 11.7. The molecule has 0 spiro atoms. The van der Waals surface area contributed by atoms with Gasteiger partial charge in [-0.05, 0) is 26.7 Å². The lowest BCUT2D eigenvalue weighted by atomic mass is 9.83. The van der Waals surface area contributed by atoms with Crippen LogP contribution in [0.4, 0.5) is 0 Å². The summed E-state index contributed by atoms with van der Waals surface area (Å²) in [5.74, 6) is -0.516. The minimum atomic E-state index is -0.581. The van der Waals surface area contributed by atoms with Crippen LogP contribution in [0.15, 0.2) is 23.3 Å². The molecular weight excluding hydrogens is 228 g/mol. The van der Waals surface area contributed by atoms with Crippen LogP contribution < -0.4 is 0 Å². The predicted molar refractivity (Wildman–Crippen MR) is 69.9 cm³/mol. The Morgan fingerprint density at radius 3 is 2.78 bits per heavy atom. The van der Waals surface area contributed by atoms with Gasteiger partial charge in [-0.2, -0.15) is 0 Å². The van der Waals surface area contributed by atoms with E-state index in [1.165, 1.54) is 11.1 Å². The molecule has 1 N–H and O–H groups in total. The van der Waals surface area contributed by atoms with Gasteiger partial charge < -0.3 is 9.84 Å². The van der Waals surface area contributed by atoms with E-state index < -0.39 is 6.10 Å². The summed E-state index contributed by atoms with van der Waals surface area (Å²) in [7, 11) is 0. The van der Waals surface area contributed by atoms with E-state index in [4.69, 9.17) is 4.74 Å². The molecule has 1 heterocycles. The molecule has 1 aliphatic carbocycles. The highest BCUT2D eigenvalue weighted by Crippen LogP contribution is 2.35. The Morgan fingerprint density at radius 2 is 2.06 bits per heavy atom. The van der Waals surface area contributed by atoms with Crippen molar-refractivity contribution in [2.75, 3.05) is 0 Å². The van der Waals surface area contributed by atoms with Crippen LogP contribution in [0.25, 0.3) is 0 Å². The van der Waals surface area contributed by atoms with Gasteiger partial charge in [0.25, 0.3) is 0 Å². The lowest BCUT2D eigenvalue weighted by molar-refractivity contribution is -0.143. The predicted octanol–water partition coefficient (Wildman–Crippen LogP) is 2.60. The first-order valence-electron chi connectivity index (χ1n) is 6.70. The number of hydrogen-bond acceptors (Lipinski definition) is 3. The van der Waals surface area contributed by atoms with Crippen molar-refractivity contribution in [2.24, 2.45) is 11.8 Å². The highest BCUT2D eigenvalue weighted by Gasteiger charge is 2.44. The number of fused-ring (bicyclic) bond motifs is 1. The van der Waals surface area contributed by atoms with E-state index in [-0.39, 0.29) is 23.9 Å². The van der Waals surface area contributed by atoms with Gasteiger partial charge >= 0.3 is 5.97 Å². The number of hydrogen-bond donors (Lipinski definition) is 1. The van der Waals surface area contributed by atoms with Crippen LogP contribution in [0.2, 0.25) is 0 Å². The lowest BCUT2D eigenvalue weighted by Crippen LogP contribution is -2.31. The van der Waals surface area contributed by atoms with E-state index in [2.05, 4.69) is 13.0 Å². The summed E-state index contributed by atoms with van der Waals surface area (Å²) < 4.78 is 5.42. The van der Waals surface area contributed by atoms with Crippen LogP contribution in [0, 0.1) is 11.8 Å². The molecule has 0 saturated carbocycles. The van der Waals surface area contributed by atoms with Crippen LogP contribution in [-0.2, 0) is 9.53 Å². The zero-order valence-electron chi connectivity index (χ0n) is 11.3. The topological polar surface area (TPSA) is 46.5 Å². The zero-order valence-corrected chi connectivity index (χ0v) is 11.3. The highest BCUT2D eigenvalue weighted by atomic mass is 16.6. The van der Waals surface area contributed by atoms with Crippen LogP contribution in [0.3, 0.4) is 0 Å². The first-order valence-corrected chi connectivity index (χ1v) is 6.70. The van der Waals surface area contributed by atoms with Crippen molar-refractivity contribution in [2.45, 2.75) is 52.2 Å². The molecule has 1 saturated heterocycles. The molecule has 0 unspecified atom stereocenters. The van der Waals surface area contributed by atoms with Crippen molar-refractivity contribution < 1.29 is 14.6 Å². The van der Waals surface area contributed by atoms with Crippen molar-refractivity contribution in [3.05, 3.63) is 23.3 Å². The number of aliphatic hydroxyl groups is 1. The smallest absolute Gasteiger partial charge is 0.309 e. The summed E-state index contributed by atoms with van der Waals surface area (Å²) in [5.41, 5.74) is 2.42. The third-order valence-corrected chi connectivity index (χ3v) is 4.05. The van der Waals surface area contributed by atoms with E-state index in [0.29, 0.717) is 0 Å². The van der Waals surface area contributed by atoms with Gasteiger partial charge in [-0.25, -0.2) is 0 Å². The zero-order chi connectivity index (χ0) is 13.3. The number of esters is 1. The SMILES string of the molecule is C/C1=C\[C@@H](O)[C@H]2[C@H](C/C(C)=C/CC1)OC(=O)[C@H]2C. The second kappa shape index (κ2) is 5.27. The maximum Gasteiger partial charge on any atom is 0.309 e. The van der Waals surface area contributed by atoms with E-state index in [1.54, 1.807) is 0 Å². The van der Waals surface area contributed by atoms with Crippen LogP contribution in [0.1, 0.15) is 40.0 Å². The Labute approximate surface area is 109 Å². The summed E-state index contributed by atoms with van der Waals surface area (Å²) in [6, 6.07) is 0. The number of aliphatic hydroxyl groups excluding tert-OH is 1. The average molecular weight is 250 g/mol. The van der Waals surface area contributed by atoms with Gasteiger partial charge in [-0.15, -0.1) is 0 Å². The summed E-state index contributed by atoms with van der Waals surface area (Å²) in [5, 5.41) is 10.3. The molecule has 1 aliphatic heterocycles. The number of allylic oxidation sites excluding steroid dienone is 2. The van der Waals surface area contributed by atoms with Gasteiger partial charge in [0.1, 0.15) is 6.10 Å². The minimum absolute atomic E-state index is 0.117. The molecule has 1 fully saturated rings. The molecule has 18 heavy (non-hydrogen) atoms. The molecule has 3 nitrogen and oxygen atoms in total. The van der Waals surface area contributed by atoms with E-state index in [0.717, 1.165) is 19.3 Å². The molecule has 2 aliphatic rings. The van der Waals surface area contributed by atoms with Crippen molar-refractivity contribution in [1.82, 2.24) is 0 Å². The maximum atomic E-state index is 11.7. The third-order valence-electron chi connectivity index (χ3n) is 4.05. The monoisotopic (exact) mass is 250 g/mol. The maximum absolute atomic E-state index is 11.7. The van der Waals surface area contributed by atoms with Gasteiger partial charge in [0.2, 0.25) is 0 Å². The van der Waals surface area contributed by atoms with Crippen LogP contribution in [-0.4, -0.2) is 23.3 Å². The molecule has 0 amide bonds. The molecule has 100 valence electrons. The van der Waals surface area contributed by atoms with Crippen molar-refractivity contribution in [1.29, 1.82) is 0 Å². The fraction of sp³-hybridized carbons (Fsp3) is 0.667. The standard InChI is InChI=1S/C15H22O3/c1-9-5-4-6-10(2)8-13-14(12(16)7-9)11(3)15(17)18-13/h6-7,11-14,16H,4-5,8H2,1-3H3/b9-7+,10-6+/t11-,12+,13-,14-/m0/s1. The Bertz CT molecular complexity index is 395. The molecule has 0 bridgehead atoms. The summed E-state index contributed by atoms with van der Waals surface area (Å²) in [6.45, 7) is 5.95. The number of ether oxygens (including phenoxy) is 1. The van der Waals surface area contributed by atoms with E-state index >= 15 is 0 Å². The average Bonchev–Trinajstić information content (AvgIpc) is 2.53. The first kappa shape index (κ1) is 13.3. The molecule has 3 heteroatoms. The first-order chi connectivity index (χ1) is 8.49. The molecule has 2 rings (SSSR count). The second-order valence-corrected chi connectivity index (χ2v) is 5.64. The Hall–Kier alpha value is -1.09. The van der Waals surface area contributed by atoms with Gasteiger partial charge in [-0.3, -0.25) is 4.79 Å². The quantitative estimate of drug-likeness (QED) is 0.531. The molecule has 0 aromatic rings. The van der Waals surface area contributed by atoms with Gasteiger partial charge in [0, 0.05) is 12.3 Å². The molecule has 0 radical (unpaired) electrons. The summed E-state index contributed by atoms with van der Waals surface area (Å²) in [6.07, 6.45) is 6.04. The van der Waals surface area contributed by atoms with Crippen molar-refractivity contribution in [3.63, 3.8) is 0 Å². The number of carbonyl (C=O) groups is 1. The largest absolute Gasteiger partial charge is 0.461 e. The lowest BCUT2D eigenvalue weighted by Gasteiger charge is -2.24. The second-order valence-electron chi connectivity index (χ2n) is 5.64. The molecule has 0 aromatic heterocycles. The minimum Gasteiger partial charge on any atom is -0.461 e. The van der Waals surface area contributed by atoms with Crippen molar-refractivity contribution >= 4 is 5.97 Å². The Morgan fingerprint density at radius 1 is 1.33 bits per heavy atom. The third kappa shape index (κ3) is 2.66. The van der Waals surface area contributed by atoms with Gasteiger partial charge in [0.05, 0.1) is 12.0 Å². The number of rotatable bonds is 0. The van der Waals surface area contributed by atoms with Crippen molar-refractivity contribution in [3.8, 4) is 0 Å². The fourth-order valence-corrected chi connectivity index (χ4v) is 2.94. The highest BCUT2D eigenvalue weighted by molar-refractivity contribution is 5.75. The Balaban J connectivity index is 2.29. The summed E-state index contributed by atoms with van der Waals surface area (Å²) >= 11 is 0. The Kier molecular flexibility index (Phi) is 3.91. The van der Waals surface area contributed by atoms with E-state index in [1.807, 2.05) is 19.9 Å². The fourth-order valence-electron chi connectivity index (χ4n) is 2.94. The van der Waals surface area contributed by atoms with Crippen LogP contribution in [0.5, 0.6) is 0 Å². The van der Waals surface area contributed by atoms with Gasteiger partial charge in [-0.1, -0.05) is 30.2 Å². The molecule has 0 aromatic carbocycles. The van der Waals surface area contributed by atoms with Gasteiger partial charge in [0.15, 0.2) is 0 Å². The van der Waals surface area contributed by atoms with E-state index in [9.17, 15) is 9.90 Å².